The van der Waals surface area contributed by atoms with Crippen LogP contribution in [-0.2, 0) is 30.0 Å². The van der Waals surface area contributed by atoms with Gasteiger partial charge in [-0.25, -0.2) is 4.79 Å². The summed E-state index contributed by atoms with van der Waals surface area (Å²) in [6, 6.07) is 8.86. The van der Waals surface area contributed by atoms with Crippen molar-refractivity contribution >= 4 is 11.7 Å². The Hall–Kier alpha value is -2.83. The molecule has 2 atom stereocenters. The van der Waals surface area contributed by atoms with Crippen LogP contribution in [0.2, 0.25) is 0 Å². The molecule has 3 rings (SSSR count). The number of carbonyl (C=O) groups excluding carboxylic acids is 1. The van der Waals surface area contributed by atoms with E-state index >= 15 is 0 Å². The van der Waals surface area contributed by atoms with Gasteiger partial charge in [0.15, 0.2) is 0 Å². The Morgan fingerprint density at radius 1 is 1.19 bits per heavy atom. The topological polar surface area (TPSA) is 82.3 Å². The molecule has 0 aliphatic heterocycles. The predicted molar refractivity (Wildman–Crippen MR) is 98.2 cm³/mol. The van der Waals surface area contributed by atoms with E-state index < -0.39 is 12.0 Å². The summed E-state index contributed by atoms with van der Waals surface area (Å²) in [5, 5.41) is 3.31. The Kier molecular flexibility index (Phi) is 4.97. The summed E-state index contributed by atoms with van der Waals surface area (Å²) in [5.74, 6) is -0.824. The highest BCUT2D eigenvalue weighted by atomic mass is 16.5. The highest BCUT2D eigenvalue weighted by Gasteiger charge is 2.39. The van der Waals surface area contributed by atoms with Crippen molar-refractivity contribution in [2.75, 3.05) is 11.9 Å². The summed E-state index contributed by atoms with van der Waals surface area (Å²) in [7, 11) is 3.11. The van der Waals surface area contributed by atoms with E-state index in [1.54, 1.807) is 14.0 Å². The van der Waals surface area contributed by atoms with Gasteiger partial charge in [-0.2, -0.15) is 0 Å². The average Bonchev–Trinajstić information content (AvgIpc) is 2.65. The van der Waals surface area contributed by atoms with Crippen LogP contribution in [0.5, 0.6) is 0 Å². The normalized spacial score (nSPS) is 18.9. The van der Waals surface area contributed by atoms with Crippen molar-refractivity contribution in [2.45, 2.75) is 25.8 Å². The molecule has 0 saturated heterocycles. The van der Waals surface area contributed by atoms with Crippen molar-refractivity contribution in [3.8, 4) is 0 Å². The van der Waals surface area contributed by atoms with E-state index in [4.69, 9.17) is 4.74 Å². The number of anilines is 1. The molecule has 0 fully saturated rings. The van der Waals surface area contributed by atoms with Crippen LogP contribution in [0.3, 0.4) is 0 Å². The summed E-state index contributed by atoms with van der Waals surface area (Å²) in [4.78, 5) is 37.6. The fraction of sp³-hybridized carbons (Fsp3) is 0.421. The Morgan fingerprint density at radius 2 is 1.88 bits per heavy atom. The second-order valence-electron chi connectivity index (χ2n) is 6.45. The number of nitrogens with zero attached hydrogens (tertiary/aromatic N) is 2. The fourth-order valence-corrected chi connectivity index (χ4v) is 3.58. The van der Waals surface area contributed by atoms with Crippen LogP contribution in [0.15, 0.2) is 39.9 Å². The first-order valence-corrected chi connectivity index (χ1v) is 8.72. The lowest BCUT2D eigenvalue weighted by molar-refractivity contribution is -0.149. The number of rotatable bonds is 4. The zero-order chi connectivity index (χ0) is 18.8. The number of benzene rings is 1. The lowest BCUT2D eigenvalue weighted by Crippen LogP contribution is -2.46. The molecule has 0 spiro atoms. The molecule has 1 N–H and O–H groups in total. The van der Waals surface area contributed by atoms with Crippen molar-refractivity contribution in [2.24, 2.45) is 20.0 Å². The maximum Gasteiger partial charge on any atom is 0.330 e. The van der Waals surface area contributed by atoms with Crippen molar-refractivity contribution in [3.05, 3.63) is 62.4 Å². The first kappa shape index (κ1) is 18.0. The van der Waals surface area contributed by atoms with E-state index in [2.05, 4.69) is 5.32 Å². The lowest BCUT2D eigenvalue weighted by Gasteiger charge is -2.33. The number of hydrogen-bond donors (Lipinski definition) is 1. The molecule has 0 unspecified atom stereocenters. The smallest absolute Gasteiger partial charge is 0.330 e. The Balaban J connectivity index is 2.15. The van der Waals surface area contributed by atoms with Gasteiger partial charge in [0.05, 0.1) is 24.1 Å². The molecule has 26 heavy (non-hydrogen) atoms. The standard InChI is InChI=1S/C19H23N3O4/c1-4-26-18(24)13-10-11-14-15(17(23)22(3)19(25)21(14)2)16(13)20-12-8-6-5-7-9-12/h5-9,13,16,20H,4,10-11H2,1-3H3/t13-,16-/m1/s1. The molecule has 1 aliphatic rings. The SMILES string of the molecule is CCOC(=O)[C@@H]1CCc2c(c(=O)n(C)c(=O)n2C)[C@@H]1Nc1ccccc1. The van der Waals surface area contributed by atoms with E-state index in [9.17, 15) is 14.4 Å². The van der Waals surface area contributed by atoms with Crippen LogP contribution in [0, 0.1) is 5.92 Å². The zero-order valence-corrected chi connectivity index (χ0v) is 15.2. The van der Waals surface area contributed by atoms with Crippen molar-refractivity contribution in [3.63, 3.8) is 0 Å². The number of fused-ring (bicyclic) bond motifs is 1. The van der Waals surface area contributed by atoms with E-state index in [1.165, 1.54) is 11.6 Å². The Labute approximate surface area is 151 Å². The third-order valence-electron chi connectivity index (χ3n) is 4.92. The van der Waals surface area contributed by atoms with Crippen molar-refractivity contribution in [1.29, 1.82) is 0 Å². The van der Waals surface area contributed by atoms with Gasteiger partial charge >= 0.3 is 11.7 Å². The molecular weight excluding hydrogens is 334 g/mol. The number of hydrogen-bond acceptors (Lipinski definition) is 5. The third-order valence-corrected chi connectivity index (χ3v) is 4.92. The minimum atomic E-state index is -0.550. The first-order chi connectivity index (χ1) is 12.5. The molecule has 0 amide bonds. The van der Waals surface area contributed by atoms with Crippen LogP contribution in [0.1, 0.15) is 30.6 Å². The largest absolute Gasteiger partial charge is 0.466 e. The highest BCUT2D eigenvalue weighted by Crippen LogP contribution is 2.35. The van der Waals surface area contributed by atoms with E-state index in [-0.39, 0.29) is 23.8 Å². The van der Waals surface area contributed by atoms with E-state index in [0.29, 0.717) is 24.1 Å². The van der Waals surface area contributed by atoms with Crippen LogP contribution in [0.4, 0.5) is 5.69 Å². The van der Waals surface area contributed by atoms with Gasteiger partial charge in [-0.1, -0.05) is 18.2 Å². The highest BCUT2D eigenvalue weighted by molar-refractivity contribution is 5.75. The maximum absolute atomic E-state index is 12.9. The summed E-state index contributed by atoms with van der Waals surface area (Å²) in [6.45, 7) is 2.04. The van der Waals surface area contributed by atoms with E-state index in [0.717, 1.165) is 10.3 Å². The van der Waals surface area contributed by atoms with E-state index in [1.807, 2.05) is 30.3 Å². The van der Waals surface area contributed by atoms with Crippen molar-refractivity contribution < 1.29 is 9.53 Å². The zero-order valence-electron chi connectivity index (χ0n) is 15.2. The lowest BCUT2D eigenvalue weighted by atomic mass is 9.82. The molecule has 7 heteroatoms. The fourth-order valence-electron chi connectivity index (χ4n) is 3.58. The summed E-state index contributed by atoms with van der Waals surface area (Å²) in [5.41, 5.74) is 1.21. The first-order valence-electron chi connectivity index (χ1n) is 8.72. The van der Waals surface area contributed by atoms with Crippen LogP contribution >= 0.6 is 0 Å². The minimum absolute atomic E-state index is 0.283. The molecule has 1 aromatic carbocycles. The van der Waals surface area contributed by atoms with Gasteiger partial charge in [-0.05, 0) is 31.9 Å². The number of aromatic nitrogens is 2. The molecule has 2 aromatic rings. The number of nitrogens with one attached hydrogen (secondary N) is 1. The summed E-state index contributed by atoms with van der Waals surface area (Å²) in [6.07, 6.45) is 0.990. The molecule has 1 heterocycles. The average molecular weight is 357 g/mol. The van der Waals surface area contributed by atoms with Gasteiger partial charge in [-0.15, -0.1) is 0 Å². The van der Waals surface area contributed by atoms with Gasteiger partial charge in [0.2, 0.25) is 0 Å². The second-order valence-corrected chi connectivity index (χ2v) is 6.45. The molecule has 1 aliphatic carbocycles. The quantitative estimate of drug-likeness (QED) is 0.836. The van der Waals surface area contributed by atoms with Gasteiger partial charge in [0, 0.05) is 25.5 Å². The molecule has 7 nitrogen and oxygen atoms in total. The number of esters is 1. The molecular formula is C19H23N3O4. The Morgan fingerprint density at radius 3 is 2.54 bits per heavy atom. The predicted octanol–water partition coefficient (Wildman–Crippen LogP) is 1.36. The molecule has 1 aromatic heterocycles. The monoisotopic (exact) mass is 357 g/mol. The number of carbonyl (C=O) groups is 1. The molecule has 0 bridgehead atoms. The van der Waals surface area contributed by atoms with Gasteiger partial charge in [0.1, 0.15) is 0 Å². The van der Waals surface area contributed by atoms with Gasteiger partial charge in [0.25, 0.3) is 5.56 Å². The number of para-hydroxylation sites is 1. The van der Waals surface area contributed by atoms with Gasteiger partial charge < -0.3 is 14.6 Å². The molecule has 0 radical (unpaired) electrons. The number of ether oxygens (including phenoxy) is 1. The third kappa shape index (κ3) is 3.05. The summed E-state index contributed by atoms with van der Waals surface area (Å²) >= 11 is 0. The minimum Gasteiger partial charge on any atom is -0.466 e. The van der Waals surface area contributed by atoms with Crippen molar-refractivity contribution in [1.82, 2.24) is 9.13 Å². The summed E-state index contributed by atoms with van der Waals surface area (Å²) < 4.78 is 7.82. The molecule has 0 saturated carbocycles. The Bertz CT molecular complexity index is 930. The molecule has 138 valence electrons. The maximum atomic E-state index is 12.9. The van der Waals surface area contributed by atoms with Crippen LogP contribution in [-0.4, -0.2) is 21.7 Å². The van der Waals surface area contributed by atoms with Crippen LogP contribution in [0.25, 0.3) is 0 Å². The van der Waals surface area contributed by atoms with Crippen LogP contribution < -0.4 is 16.6 Å². The second kappa shape index (κ2) is 7.19. The van der Waals surface area contributed by atoms with Gasteiger partial charge in [-0.3, -0.25) is 14.2 Å².